The number of piperidine rings is 2. The molecule has 3 aliphatic rings. The topological polar surface area (TPSA) is 95.6 Å². The van der Waals surface area contributed by atoms with Gasteiger partial charge < -0.3 is 5.32 Å². The van der Waals surface area contributed by atoms with Crippen molar-refractivity contribution in [3.63, 3.8) is 0 Å². The van der Waals surface area contributed by atoms with Crippen molar-refractivity contribution >= 4 is 35.4 Å². The Morgan fingerprint density at radius 2 is 1.85 bits per heavy atom. The highest BCUT2D eigenvalue weighted by molar-refractivity contribution is 8.00. The smallest absolute Gasteiger partial charge is 0.262 e. The maximum absolute atomic E-state index is 12.8. The molecule has 8 heteroatoms. The van der Waals surface area contributed by atoms with Gasteiger partial charge in [-0.15, -0.1) is 11.8 Å². The van der Waals surface area contributed by atoms with Crippen molar-refractivity contribution in [2.24, 2.45) is 0 Å². The summed E-state index contributed by atoms with van der Waals surface area (Å²) in [5.74, 6) is -1.87. The number of rotatable bonds is 3. The molecule has 136 valence electrons. The fourth-order valence-electron chi connectivity index (χ4n) is 3.64. The SMILES string of the molecule is O=C1CCC(N2C(=O)c3ccc(SC4CCCNC4)cc3C2=O)C(=O)N1. The normalized spacial score (nSPS) is 26.1. The van der Waals surface area contributed by atoms with Crippen molar-refractivity contribution in [1.82, 2.24) is 15.5 Å². The number of carbonyl (C=O) groups excluding carboxylic acids is 4. The van der Waals surface area contributed by atoms with Crippen molar-refractivity contribution in [3.05, 3.63) is 29.3 Å². The van der Waals surface area contributed by atoms with E-state index >= 15 is 0 Å². The van der Waals surface area contributed by atoms with Crippen LogP contribution in [0.15, 0.2) is 23.1 Å². The first-order chi connectivity index (χ1) is 12.5. The Bertz CT molecular complexity index is 804. The van der Waals surface area contributed by atoms with E-state index in [1.165, 1.54) is 0 Å². The Kier molecular flexibility index (Phi) is 4.54. The molecule has 0 aromatic heterocycles. The van der Waals surface area contributed by atoms with Crippen molar-refractivity contribution < 1.29 is 19.2 Å². The molecule has 4 amide bonds. The van der Waals surface area contributed by atoms with Gasteiger partial charge in [0.2, 0.25) is 11.8 Å². The molecule has 2 atom stereocenters. The maximum Gasteiger partial charge on any atom is 0.262 e. The second-order valence-electron chi connectivity index (χ2n) is 6.74. The fourth-order valence-corrected chi connectivity index (χ4v) is 4.84. The number of thioether (sulfide) groups is 1. The van der Waals surface area contributed by atoms with Crippen LogP contribution in [0, 0.1) is 0 Å². The van der Waals surface area contributed by atoms with Crippen LogP contribution in [0.25, 0.3) is 0 Å². The van der Waals surface area contributed by atoms with Gasteiger partial charge in [0.1, 0.15) is 6.04 Å². The molecule has 7 nitrogen and oxygen atoms in total. The van der Waals surface area contributed by atoms with E-state index < -0.39 is 23.8 Å². The Hall–Kier alpha value is -2.19. The number of carbonyl (C=O) groups is 4. The van der Waals surface area contributed by atoms with Crippen LogP contribution in [0.4, 0.5) is 0 Å². The lowest BCUT2D eigenvalue weighted by Gasteiger charge is -2.27. The van der Waals surface area contributed by atoms with Crippen LogP contribution in [-0.4, -0.2) is 52.9 Å². The number of benzene rings is 1. The zero-order chi connectivity index (χ0) is 18.3. The Morgan fingerprint density at radius 3 is 2.58 bits per heavy atom. The molecule has 2 unspecified atom stereocenters. The van der Waals surface area contributed by atoms with Crippen molar-refractivity contribution in [2.75, 3.05) is 13.1 Å². The van der Waals surface area contributed by atoms with Gasteiger partial charge in [-0.1, -0.05) is 0 Å². The van der Waals surface area contributed by atoms with Gasteiger partial charge in [0.25, 0.3) is 11.8 Å². The third-order valence-corrected chi connectivity index (χ3v) is 6.23. The Labute approximate surface area is 154 Å². The molecule has 0 saturated carbocycles. The van der Waals surface area contributed by atoms with E-state index in [2.05, 4.69) is 10.6 Å². The van der Waals surface area contributed by atoms with Crippen molar-refractivity contribution in [2.45, 2.75) is 41.9 Å². The zero-order valence-electron chi connectivity index (χ0n) is 14.1. The Morgan fingerprint density at radius 1 is 1.04 bits per heavy atom. The van der Waals surface area contributed by atoms with Crippen molar-refractivity contribution in [1.29, 1.82) is 0 Å². The number of imide groups is 2. The summed E-state index contributed by atoms with van der Waals surface area (Å²) in [5.41, 5.74) is 0.666. The summed E-state index contributed by atoms with van der Waals surface area (Å²) in [6.45, 7) is 1.96. The van der Waals surface area contributed by atoms with Crippen LogP contribution >= 0.6 is 11.8 Å². The molecule has 1 aromatic rings. The summed E-state index contributed by atoms with van der Waals surface area (Å²) in [6.07, 6.45) is 2.54. The third-order valence-electron chi connectivity index (χ3n) is 4.97. The van der Waals surface area contributed by atoms with Gasteiger partial charge in [0.05, 0.1) is 11.1 Å². The van der Waals surface area contributed by atoms with Crippen LogP contribution in [0.5, 0.6) is 0 Å². The second kappa shape index (κ2) is 6.85. The van der Waals surface area contributed by atoms with Gasteiger partial charge in [-0.2, -0.15) is 0 Å². The first kappa shape index (κ1) is 17.2. The predicted molar refractivity (Wildman–Crippen MR) is 94.9 cm³/mol. The molecule has 0 radical (unpaired) electrons. The zero-order valence-corrected chi connectivity index (χ0v) is 14.9. The minimum atomic E-state index is -0.918. The van der Waals surface area contributed by atoms with Gasteiger partial charge in [0.15, 0.2) is 0 Å². The van der Waals surface area contributed by atoms with Gasteiger partial charge in [-0.05, 0) is 44.0 Å². The van der Waals surface area contributed by atoms with E-state index in [0.29, 0.717) is 16.4 Å². The summed E-state index contributed by atoms with van der Waals surface area (Å²) in [4.78, 5) is 50.8. The Balaban J connectivity index is 1.56. The highest BCUT2D eigenvalue weighted by Gasteiger charge is 2.44. The number of hydrogen-bond acceptors (Lipinski definition) is 6. The number of fused-ring (bicyclic) bond motifs is 1. The number of nitrogens with one attached hydrogen (secondary N) is 2. The van der Waals surface area contributed by atoms with E-state index in [4.69, 9.17) is 0 Å². The van der Waals surface area contributed by atoms with E-state index in [1.54, 1.807) is 23.9 Å². The molecule has 2 saturated heterocycles. The van der Waals surface area contributed by atoms with E-state index in [9.17, 15) is 19.2 Å². The molecule has 0 bridgehead atoms. The van der Waals surface area contributed by atoms with Crippen LogP contribution in [0.1, 0.15) is 46.4 Å². The highest BCUT2D eigenvalue weighted by atomic mass is 32.2. The maximum atomic E-state index is 12.8. The lowest BCUT2D eigenvalue weighted by atomic mass is 10.0. The fraction of sp³-hybridized carbons (Fsp3) is 0.444. The predicted octanol–water partition coefficient (Wildman–Crippen LogP) is 0.932. The quantitative estimate of drug-likeness (QED) is 0.766. The molecule has 1 aromatic carbocycles. The summed E-state index contributed by atoms with van der Waals surface area (Å²) >= 11 is 1.70. The average molecular weight is 373 g/mol. The second-order valence-corrected chi connectivity index (χ2v) is 8.11. The van der Waals surface area contributed by atoms with Gasteiger partial charge in [-0.3, -0.25) is 29.4 Å². The van der Waals surface area contributed by atoms with Crippen LogP contribution in [-0.2, 0) is 9.59 Å². The van der Waals surface area contributed by atoms with E-state index in [-0.39, 0.29) is 18.7 Å². The molecule has 26 heavy (non-hydrogen) atoms. The molecular weight excluding hydrogens is 354 g/mol. The first-order valence-corrected chi connectivity index (χ1v) is 9.65. The third kappa shape index (κ3) is 3.03. The molecular formula is C18H19N3O4S. The summed E-state index contributed by atoms with van der Waals surface area (Å²) in [7, 11) is 0. The molecule has 0 aliphatic carbocycles. The summed E-state index contributed by atoms with van der Waals surface area (Å²) in [6, 6.07) is 4.36. The highest BCUT2D eigenvalue weighted by Crippen LogP contribution is 2.33. The number of hydrogen-bond donors (Lipinski definition) is 2. The first-order valence-electron chi connectivity index (χ1n) is 8.77. The van der Waals surface area contributed by atoms with Gasteiger partial charge >= 0.3 is 0 Å². The molecule has 2 N–H and O–H groups in total. The van der Waals surface area contributed by atoms with Crippen LogP contribution in [0.3, 0.4) is 0 Å². The van der Waals surface area contributed by atoms with E-state index in [0.717, 1.165) is 35.7 Å². The lowest BCUT2D eigenvalue weighted by Crippen LogP contribution is -2.54. The monoisotopic (exact) mass is 373 g/mol. The standard InChI is InChI=1S/C18H19N3O4S/c22-15-6-5-14(16(23)20-15)21-17(24)12-4-3-10(8-13(12)18(21)25)26-11-2-1-7-19-9-11/h3-4,8,11,14,19H,1-2,5-7,9H2,(H,20,22,23). The summed E-state index contributed by atoms with van der Waals surface area (Å²) < 4.78 is 0. The van der Waals surface area contributed by atoms with Gasteiger partial charge in [0, 0.05) is 23.1 Å². The van der Waals surface area contributed by atoms with Gasteiger partial charge in [-0.25, -0.2) is 0 Å². The molecule has 4 rings (SSSR count). The molecule has 2 fully saturated rings. The van der Waals surface area contributed by atoms with E-state index in [1.807, 2.05) is 6.07 Å². The average Bonchev–Trinajstić information content (AvgIpc) is 2.87. The number of nitrogens with zero attached hydrogens (tertiary/aromatic N) is 1. The minimum absolute atomic E-state index is 0.125. The minimum Gasteiger partial charge on any atom is -0.316 e. The van der Waals surface area contributed by atoms with Crippen LogP contribution < -0.4 is 10.6 Å². The van der Waals surface area contributed by atoms with Crippen LogP contribution in [0.2, 0.25) is 0 Å². The largest absolute Gasteiger partial charge is 0.316 e. The number of amides is 4. The molecule has 3 aliphatic heterocycles. The van der Waals surface area contributed by atoms with Crippen molar-refractivity contribution in [3.8, 4) is 0 Å². The molecule has 3 heterocycles. The summed E-state index contributed by atoms with van der Waals surface area (Å²) in [5, 5.41) is 6.01. The lowest BCUT2D eigenvalue weighted by molar-refractivity contribution is -0.136. The molecule has 0 spiro atoms.